The van der Waals surface area contributed by atoms with Gasteiger partial charge in [0, 0.05) is 37.1 Å². The number of hydrogen-bond acceptors (Lipinski definition) is 3. The van der Waals surface area contributed by atoms with Gasteiger partial charge in [0.2, 0.25) is 5.56 Å². The molecule has 0 saturated carbocycles. The molecule has 19 heavy (non-hydrogen) atoms. The highest BCUT2D eigenvalue weighted by atomic mass is 16.2. The Bertz CT molecular complexity index is 649. The average molecular weight is 257 g/mol. The van der Waals surface area contributed by atoms with Crippen LogP contribution in [0, 0.1) is 0 Å². The summed E-state index contributed by atoms with van der Waals surface area (Å²) in [6.07, 6.45) is 1.46. The van der Waals surface area contributed by atoms with E-state index in [9.17, 15) is 9.59 Å². The molecule has 0 aliphatic carbocycles. The molecular formula is C14H15N3O2. The van der Waals surface area contributed by atoms with E-state index in [0.717, 1.165) is 11.3 Å². The number of anilines is 1. The zero-order chi connectivity index (χ0) is 13.8. The quantitative estimate of drug-likeness (QED) is 0.864. The van der Waals surface area contributed by atoms with E-state index in [4.69, 9.17) is 5.73 Å². The number of hydrogen-bond donors (Lipinski definition) is 2. The third kappa shape index (κ3) is 2.89. The SMILES string of the molecule is CN(C(=O)c1cc[nH]c(=O)c1)c1cccc(CN)c1. The molecule has 5 heteroatoms. The minimum absolute atomic E-state index is 0.236. The van der Waals surface area contributed by atoms with E-state index in [1.165, 1.54) is 17.2 Å². The zero-order valence-electron chi connectivity index (χ0n) is 10.6. The molecule has 0 aliphatic heterocycles. The lowest BCUT2D eigenvalue weighted by molar-refractivity contribution is 0.0993. The van der Waals surface area contributed by atoms with Crippen molar-refractivity contribution in [2.45, 2.75) is 6.54 Å². The van der Waals surface area contributed by atoms with Crippen molar-refractivity contribution < 1.29 is 4.79 Å². The van der Waals surface area contributed by atoms with E-state index in [0.29, 0.717) is 12.1 Å². The highest BCUT2D eigenvalue weighted by Crippen LogP contribution is 2.16. The molecule has 0 bridgehead atoms. The van der Waals surface area contributed by atoms with Gasteiger partial charge in [-0.15, -0.1) is 0 Å². The number of carbonyl (C=O) groups is 1. The first kappa shape index (κ1) is 13.0. The Kier molecular flexibility index (Phi) is 3.77. The number of aromatic nitrogens is 1. The number of nitrogens with zero attached hydrogens (tertiary/aromatic N) is 1. The topological polar surface area (TPSA) is 79.2 Å². The number of H-pyrrole nitrogens is 1. The molecule has 0 aliphatic rings. The molecule has 1 amide bonds. The number of nitrogens with one attached hydrogen (secondary N) is 1. The number of carbonyl (C=O) groups excluding carboxylic acids is 1. The van der Waals surface area contributed by atoms with E-state index < -0.39 is 0 Å². The molecule has 98 valence electrons. The Morgan fingerprint density at radius 2 is 2.11 bits per heavy atom. The number of rotatable bonds is 3. The van der Waals surface area contributed by atoms with Crippen LogP contribution in [-0.4, -0.2) is 17.9 Å². The zero-order valence-corrected chi connectivity index (χ0v) is 10.6. The van der Waals surface area contributed by atoms with Crippen LogP contribution >= 0.6 is 0 Å². The first-order valence-electron chi connectivity index (χ1n) is 5.87. The number of nitrogens with two attached hydrogens (primary N) is 1. The molecule has 1 aromatic carbocycles. The van der Waals surface area contributed by atoms with Gasteiger partial charge in [-0.1, -0.05) is 12.1 Å². The fourth-order valence-electron chi connectivity index (χ4n) is 1.78. The van der Waals surface area contributed by atoms with Gasteiger partial charge in [0.1, 0.15) is 0 Å². The van der Waals surface area contributed by atoms with Gasteiger partial charge < -0.3 is 15.6 Å². The van der Waals surface area contributed by atoms with Crippen molar-refractivity contribution in [3.63, 3.8) is 0 Å². The minimum atomic E-state index is -0.296. The van der Waals surface area contributed by atoms with E-state index in [1.54, 1.807) is 13.1 Å². The first-order valence-corrected chi connectivity index (χ1v) is 5.87. The van der Waals surface area contributed by atoms with Crippen LogP contribution in [0.1, 0.15) is 15.9 Å². The van der Waals surface area contributed by atoms with Crippen LogP contribution in [-0.2, 0) is 6.54 Å². The van der Waals surface area contributed by atoms with Crippen molar-refractivity contribution in [3.8, 4) is 0 Å². The molecule has 0 saturated heterocycles. The van der Waals surface area contributed by atoms with Gasteiger partial charge in [0.15, 0.2) is 0 Å². The molecule has 0 spiro atoms. The maximum atomic E-state index is 12.2. The van der Waals surface area contributed by atoms with E-state index in [1.807, 2.05) is 24.3 Å². The summed E-state index contributed by atoms with van der Waals surface area (Å²) >= 11 is 0. The molecule has 1 heterocycles. The smallest absolute Gasteiger partial charge is 0.258 e. The van der Waals surface area contributed by atoms with Gasteiger partial charge in [-0.05, 0) is 23.8 Å². The summed E-state index contributed by atoms with van der Waals surface area (Å²) in [5.74, 6) is -0.236. The van der Waals surface area contributed by atoms with Crippen LogP contribution in [0.2, 0.25) is 0 Å². The van der Waals surface area contributed by atoms with Crippen LogP contribution in [0.4, 0.5) is 5.69 Å². The second-order valence-corrected chi connectivity index (χ2v) is 4.18. The molecule has 0 atom stereocenters. The lowest BCUT2D eigenvalue weighted by Crippen LogP contribution is -2.27. The second-order valence-electron chi connectivity index (χ2n) is 4.18. The molecule has 5 nitrogen and oxygen atoms in total. The highest BCUT2D eigenvalue weighted by Gasteiger charge is 2.13. The Labute approximate surface area is 110 Å². The fourth-order valence-corrected chi connectivity index (χ4v) is 1.78. The molecule has 2 rings (SSSR count). The third-order valence-corrected chi connectivity index (χ3v) is 2.86. The van der Waals surface area contributed by atoms with Gasteiger partial charge in [-0.3, -0.25) is 9.59 Å². The van der Waals surface area contributed by atoms with Gasteiger partial charge in [0.25, 0.3) is 5.91 Å². The largest absolute Gasteiger partial charge is 0.329 e. The Morgan fingerprint density at radius 1 is 1.32 bits per heavy atom. The first-order chi connectivity index (χ1) is 9.11. The molecular weight excluding hydrogens is 242 g/mol. The predicted molar refractivity (Wildman–Crippen MR) is 74.1 cm³/mol. The Morgan fingerprint density at radius 3 is 2.79 bits per heavy atom. The highest BCUT2D eigenvalue weighted by molar-refractivity contribution is 6.05. The van der Waals surface area contributed by atoms with Gasteiger partial charge in [0.05, 0.1) is 0 Å². The Balaban J connectivity index is 2.30. The summed E-state index contributed by atoms with van der Waals surface area (Å²) in [5.41, 5.74) is 7.32. The molecule has 2 aromatic rings. The van der Waals surface area contributed by atoms with Crippen molar-refractivity contribution in [1.29, 1.82) is 0 Å². The van der Waals surface area contributed by atoms with E-state index in [-0.39, 0.29) is 11.5 Å². The maximum absolute atomic E-state index is 12.2. The van der Waals surface area contributed by atoms with Gasteiger partial charge >= 0.3 is 0 Å². The average Bonchev–Trinajstić information content (AvgIpc) is 2.45. The lowest BCUT2D eigenvalue weighted by Gasteiger charge is -2.18. The number of pyridine rings is 1. The van der Waals surface area contributed by atoms with E-state index in [2.05, 4.69) is 4.98 Å². The van der Waals surface area contributed by atoms with Crippen molar-refractivity contribution in [1.82, 2.24) is 4.98 Å². The van der Waals surface area contributed by atoms with Crippen LogP contribution in [0.3, 0.4) is 0 Å². The third-order valence-electron chi connectivity index (χ3n) is 2.86. The molecule has 3 N–H and O–H groups in total. The second kappa shape index (κ2) is 5.49. The van der Waals surface area contributed by atoms with Crippen LogP contribution in [0.15, 0.2) is 47.4 Å². The molecule has 0 radical (unpaired) electrons. The van der Waals surface area contributed by atoms with Crippen LogP contribution in [0.25, 0.3) is 0 Å². The number of amides is 1. The summed E-state index contributed by atoms with van der Waals surface area (Å²) in [5, 5.41) is 0. The summed E-state index contributed by atoms with van der Waals surface area (Å²) in [7, 11) is 1.67. The summed E-state index contributed by atoms with van der Waals surface area (Å²) in [4.78, 5) is 27.4. The molecule has 0 fully saturated rings. The van der Waals surface area contributed by atoms with Crippen molar-refractivity contribution in [3.05, 3.63) is 64.1 Å². The normalized spacial score (nSPS) is 10.2. The summed E-state index contributed by atoms with van der Waals surface area (Å²) < 4.78 is 0. The molecule has 1 aromatic heterocycles. The van der Waals surface area contributed by atoms with Crippen LogP contribution < -0.4 is 16.2 Å². The van der Waals surface area contributed by atoms with Crippen molar-refractivity contribution >= 4 is 11.6 Å². The van der Waals surface area contributed by atoms with E-state index >= 15 is 0 Å². The van der Waals surface area contributed by atoms with Crippen LogP contribution in [0.5, 0.6) is 0 Å². The predicted octanol–water partition coefficient (Wildman–Crippen LogP) is 1.11. The van der Waals surface area contributed by atoms with Gasteiger partial charge in [-0.2, -0.15) is 0 Å². The summed E-state index contributed by atoms with van der Waals surface area (Å²) in [6, 6.07) is 10.3. The monoisotopic (exact) mass is 257 g/mol. The maximum Gasteiger partial charge on any atom is 0.258 e. The molecule has 0 unspecified atom stereocenters. The van der Waals surface area contributed by atoms with Crippen molar-refractivity contribution in [2.75, 3.05) is 11.9 Å². The Hall–Kier alpha value is -2.40. The van der Waals surface area contributed by atoms with Crippen molar-refractivity contribution in [2.24, 2.45) is 5.73 Å². The van der Waals surface area contributed by atoms with Gasteiger partial charge in [-0.25, -0.2) is 0 Å². The summed E-state index contributed by atoms with van der Waals surface area (Å²) in [6.45, 7) is 0.418. The number of aromatic amines is 1. The fraction of sp³-hybridized carbons (Fsp3) is 0.143. The minimum Gasteiger partial charge on any atom is -0.329 e. The standard InChI is InChI=1S/C14H15N3O2/c1-17(12-4-2-3-10(7-12)9-15)14(19)11-5-6-16-13(18)8-11/h2-8H,9,15H2,1H3,(H,16,18). The lowest BCUT2D eigenvalue weighted by atomic mass is 10.1. The number of benzene rings is 1.